The molecule has 0 saturated heterocycles. The maximum atomic E-state index is 10.3. The Morgan fingerprint density at radius 3 is 0.844 bits per heavy atom. The number of benzene rings is 2. The van der Waals surface area contributed by atoms with Gasteiger partial charge in [0.05, 0.1) is 22.3 Å². The van der Waals surface area contributed by atoms with Gasteiger partial charge in [-0.15, -0.1) is 0 Å². The second-order valence-corrected chi connectivity index (χ2v) is 7.43. The van der Waals surface area contributed by atoms with E-state index in [1.807, 2.05) is 0 Å². The van der Waals surface area contributed by atoms with Crippen LogP contribution in [0.4, 0.5) is 0 Å². The Balaban J connectivity index is -0.000000515. The number of carbonyl (C=O) groups is 4. The molecule has 16 N–H and O–H groups in total. The van der Waals surface area contributed by atoms with Crippen LogP contribution in [0.5, 0.6) is 34.5 Å². The molecule has 4 aromatic rings. The first-order valence-corrected chi connectivity index (χ1v) is 10.9. The third-order valence-electron chi connectivity index (χ3n) is 4.45. The number of pyridine rings is 2. The molecule has 0 radical (unpaired) electrons. The van der Waals surface area contributed by atoms with Crippen molar-refractivity contribution in [2.24, 2.45) is 0 Å². The Kier molecular flexibility index (Phi) is 19.2. The van der Waals surface area contributed by atoms with E-state index in [0.29, 0.717) is 0 Å². The van der Waals surface area contributed by atoms with E-state index in [2.05, 4.69) is 9.97 Å². The average molecular weight is 641 g/mol. The average Bonchev–Trinajstić information content (AvgIpc) is 2.96. The lowest BCUT2D eigenvalue weighted by molar-refractivity contribution is 0.0685. The van der Waals surface area contributed by atoms with Crippen LogP contribution in [0, 0.1) is 0 Å². The molecule has 2 aromatic carbocycles. The highest BCUT2D eigenvalue weighted by Gasteiger charge is 2.12. The van der Waals surface area contributed by atoms with Gasteiger partial charge in [-0.2, -0.15) is 0 Å². The summed E-state index contributed by atoms with van der Waals surface area (Å²) < 4.78 is 0. The van der Waals surface area contributed by atoms with Gasteiger partial charge < -0.3 is 67.5 Å². The largest absolute Gasteiger partial charge is 0.504 e. The smallest absolute Gasteiger partial charge is 0.337 e. The Labute approximate surface area is 251 Å². The molecule has 0 aliphatic heterocycles. The Bertz CT molecular complexity index is 1390. The predicted octanol–water partition coefficient (Wildman–Crippen LogP) is 0.0887. The van der Waals surface area contributed by atoms with Gasteiger partial charge in [-0.3, -0.25) is 9.97 Å². The highest BCUT2D eigenvalue weighted by Crippen LogP contribution is 2.36. The normalized spacial score (nSPS) is 8.71. The van der Waals surface area contributed by atoms with E-state index in [4.69, 9.17) is 51.1 Å². The molecule has 0 spiro atoms. The van der Waals surface area contributed by atoms with Gasteiger partial charge in [0.25, 0.3) is 0 Å². The van der Waals surface area contributed by atoms with Crippen molar-refractivity contribution in [2.45, 2.75) is 0 Å². The molecular formula is C26H28N2O17. The van der Waals surface area contributed by atoms with Crippen LogP contribution in [0.2, 0.25) is 0 Å². The molecule has 0 atom stereocenters. The van der Waals surface area contributed by atoms with E-state index in [9.17, 15) is 19.2 Å². The molecule has 4 rings (SSSR count). The van der Waals surface area contributed by atoms with Crippen molar-refractivity contribution in [1.29, 1.82) is 0 Å². The number of phenolic OH excluding ortho intramolecular Hbond substituents is 6. The summed E-state index contributed by atoms with van der Waals surface area (Å²) >= 11 is 0. The molecule has 19 heteroatoms. The third kappa shape index (κ3) is 14.2. The molecular weight excluding hydrogens is 612 g/mol. The van der Waals surface area contributed by atoms with Crippen LogP contribution in [-0.2, 0) is 0 Å². The minimum absolute atomic E-state index is 0. The van der Waals surface area contributed by atoms with E-state index in [-0.39, 0.29) is 38.7 Å². The summed E-state index contributed by atoms with van der Waals surface area (Å²) in [4.78, 5) is 48.2. The van der Waals surface area contributed by atoms with Gasteiger partial charge in [0.1, 0.15) is 0 Å². The number of carboxylic acid groups (broad SMARTS) is 4. The number of carboxylic acids is 4. The number of aromatic carboxylic acids is 4. The third-order valence-corrected chi connectivity index (χ3v) is 4.45. The van der Waals surface area contributed by atoms with Crippen LogP contribution in [0.1, 0.15) is 41.4 Å². The monoisotopic (exact) mass is 640 g/mol. The molecule has 244 valence electrons. The van der Waals surface area contributed by atoms with Crippen molar-refractivity contribution in [1.82, 2.24) is 9.97 Å². The van der Waals surface area contributed by atoms with Crippen LogP contribution in [0.3, 0.4) is 0 Å². The fourth-order valence-corrected chi connectivity index (χ4v) is 2.43. The first kappa shape index (κ1) is 42.8. The summed E-state index contributed by atoms with van der Waals surface area (Å²) in [5, 5.41) is 86.6. The number of rotatable bonds is 4. The van der Waals surface area contributed by atoms with Crippen molar-refractivity contribution in [3.63, 3.8) is 0 Å². The highest BCUT2D eigenvalue weighted by atomic mass is 16.4. The van der Waals surface area contributed by atoms with Crippen molar-refractivity contribution in [2.75, 3.05) is 0 Å². The lowest BCUT2D eigenvalue weighted by Gasteiger charge is -2.01. The summed E-state index contributed by atoms with van der Waals surface area (Å²) in [7, 11) is 0. The molecule has 19 nitrogen and oxygen atoms in total. The quantitative estimate of drug-likeness (QED) is 0.132. The number of hydrogen-bond acceptors (Lipinski definition) is 12. The molecule has 2 aromatic heterocycles. The maximum Gasteiger partial charge on any atom is 0.337 e. The van der Waals surface area contributed by atoms with Gasteiger partial charge >= 0.3 is 23.9 Å². The summed E-state index contributed by atoms with van der Waals surface area (Å²) in [6.45, 7) is 0. The topological polar surface area (TPSA) is 391 Å². The molecule has 0 unspecified atom stereocenters. The van der Waals surface area contributed by atoms with Crippen LogP contribution < -0.4 is 0 Å². The standard InChI is InChI=1S/2C7H6O5.2C6H5NO2.3H2O/c2*8-4-1-3(7(11)12)2-5(9)6(4)10;2*8-6(9)5-2-1-3-7-4-5;;;/h2*1-2,8-10H,(H,11,12);2*1-4H,(H,8,9);3*1H2. The summed E-state index contributed by atoms with van der Waals surface area (Å²) in [5.41, 5.74) is -0.138. The lowest BCUT2D eigenvalue weighted by Crippen LogP contribution is -1.95. The van der Waals surface area contributed by atoms with E-state index >= 15 is 0 Å². The Hall–Kier alpha value is -6.70. The van der Waals surface area contributed by atoms with Gasteiger partial charge in [0, 0.05) is 24.8 Å². The molecule has 0 aliphatic rings. The SMILES string of the molecule is O.O.O.O=C(O)c1cc(O)c(O)c(O)c1.O=C(O)c1cc(O)c(O)c(O)c1.O=C(O)c1cccnc1.O=C(O)c1cccnc1. The van der Waals surface area contributed by atoms with Gasteiger partial charge in [-0.05, 0) is 48.5 Å². The Morgan fingerprint density at radius 2 is 0.689 bits per heavy atom. The zero-order valence-electron chi connectivity index (χ0n) is 22.4. The fourth-order valence-electron chi connectivity index (χ4n) is 2.43. The van der Waals surface area contributed by atoms with Gasteiger partial charge in [0.15, 0.2) is 34.5 Å². The van der Waals surface area contributed by atoms with Crippen LogP contribution >= 0.6 is 0 Å². The number of aromatic nitrogens is 2. The van der Waals surface area contributed by atoms with Crippen LogP contribution in [0.15, 0.2) is 73.3 Å². The molecule has 0 bridgehead atoms. The molecule has 0 saturated carbocycles. The minimum atomic E-state index is -1.29. The van der Waals surface area contributed by atoms with Crippen molar-refractivity contribution in [3.8, 4) is 34.5 Å². The molecule has 45 heavy (non-hydrogen) atoms. The van der Waals surface area contributed by atoms with Crippen LogP contribution in [0.25, 0.3) is 0 Å². The highest BCUT2D eigenvalue weighted by molar-refractivity contribution is 5.90. The number of hydrogen-bond donors (Lipinski definition) is 10. The predicted molar refractivity (Wildman–Crippen MR) is 150 cm³/mol. The van der Waals surface area contributed by atoms with Crippen molar-refractivity contribution in [3.05, 3.63) is 95.6 Å². The summed E-state index contributed by atoms with van der Waals surface area (Å²) in [5.74, 6) is -8.55. The van der Waals surface area contributed by atoms with Crippen molar-refractivity contribution < 1.29 is 86.7 Å². The fraction of sp³-hybridized carbons (Fsp3) is 0. The lowest BCUT2D eigenvalue weighted by atomic mass is 10.2. The minimum Gasteiger partial charge on any atom is -0.504 e. The van der Waals surface area contributed by atoms with Crippen molar-refractivity contribution >= 4 is 23.9 Å². The molecule has 0 amide bonds. The number of phenols is 6. The maximum absolute atomic E-state index is 10.3. The molecule has 0 fully saturated rings. The van der Waals surface area contributed by atoms with Gasteiger partial charge in [-0.1, -0.05) is 0 Å². The van der Waals surface area contributed by atoms with E-state index in [1.165, 1.54) is 36.9 Å². The number of nitrogens with zero attached hydrogens (tertiary/aromatic N) is 2. The van der Waals surface area contributed by atoms with E-state index in [0.717, 1.165) is 24.3 Å². The number of aromatic hydroxyl groups is 6. The van der Waals surface area contributed by atoms with Gasteiger partial charge in [-0.25, -0.2) is 19.2 Å². The zero-order valence-corrected chi connectivity index (χ0v) is 22.4. The van der Waals surface area contributed by atoms with Crippen LogP contribution in [-0.4, -0.2) is 101 Å². The molecule has 2 heterocycles. The van der Waals surface area contributed by atoms with E-state index < -0.39 is 58.4 Å². The second kappa shape index (κ2) is 20.2. The summed E-state index contributed by atoms with van der Waals surface area (Å²) in [6, 6.07) is 9.54. The second-order valence-electron chi connectivity index (χ2n) is 7.43. The Morgan fingerprint density at radius 1 is 0.444 bits per heavy atom. The zero-order chi connectivity index (χ0) is 32.0. The van der Waals surface area contributed by atoms with E-state index in [1.54, 1.807) is 12.1 Å². The first-order chi connectivity index (χ1) is 19.6. The van der Waals surface area contributed by atoms with Gasteiger partial charge in [0.2, 0.25) is 0 Å². The first-order valence-electron chi connectivity index (χ1n) is 10.9. The molecule has 0 aliphatic carbocycles. The summed E-state index contributed by atoms with van der Waals surface area (Å²) in [6.07, 6.45) is 5.68.